The number of nitrogens with zero attached hydrogens (tertiary/aromatic N) is 3. The van der Waals surface area contributed by atoms with E-state index in [0.717, 1.165) is 11.3 Å². The number of halogens is 1. The van der Waals surface area contributed by atoms with Gasteiger partial charge < -0.3 is 14.4 Å². The van der Waals surface area contributed by atoms with Crippen molar-refractivity contribution in [3.63, 3.8) is 0 Å². The SMILES string of the molecule is Cc1cc(OCc2nc(SCC(=O)N3CCOCC3)n[nH]2)ccc1Cl. The van der Waals surface area contributed by atoms with Crippen molar-refractivity contribution in [2.24, 2.45) is 0 Å². The first-order valence-corrected chi connectivity index (χ1v) is 9.27. The van der Waals surface area contributed by atoms with E-state index in [1.54, 1.807) is 11.0 Å². The lowest BCUT2D eigenvalue weighted by molar-refractivity contribution is -0.132. The van der Waals surface area contributed by atoms with Crippen molar-refractivity contribution < 1.29 is 14.3 Å². The van der Waals surface area contributed by atoms with E-state index in [1.807, 2.05) is 19.1 Å². The summed E-state index contributed by atoms with van der Waals surface area (Å²) >= 11 is 7.30. The smallest absolute Gasteiger partial charge is 0.233 e. The van der Waals surface area contributed by atoms with Crippen LogP contribution in [0.15, 0.2) is 23.4 Å². The molecule has 0 radical (unpaired) electrons. The molecule has 134 valence electrons. The van der Waals surface area contributed by atoms with E-state index in [9.17, 15) is 4.79 Å². The first kappa shape index (κ1) is 18.0. The fourth-order valence-corrected chi connectivity index (χ4v) is 3.13. The van der Waals surface area contributed by atoms with E-state index >= 15 is 0 Å². The third-order valence-electron chi connectivity index (χ3n) is 3.70. The number of nitrogens with one attached hydrogen (secondary N) is 1. The van der Waals surface area contributed by atoms with Gasteiger partial charge in [-0.1, -0.05) is 23.4 Å². The lowest BCUT2D eigenvalue weighted by atomic mass is 10.2. The molecule has 1 aromatic heterocycles. The average Bonchev–Trinajstić information content (AvgIpc) is 3.09. The van der Waals surface area contributed by atoms with Gasteiger partial charge in [0.25, 0.3) is 0 Å². The van der Waals surface area contributed by atoms with Gasteiger partial charge in [-0.05, 0) is 30.7 Å². The minimum atomic E-state index is 0.0764. The number of aromatic nitrogens is 3. The zero-order valence-electron chi connectivity index (χ0n) is 13.8. The molecule has 2 aromatic rings. The number of ether oxygens (including phenoxy) is 2. The van der Waals surface area contributed by atoms with Gasteiger partial charge in [-0.3, -0.25) is 9.89 Å². The molecule has 0 spiro atoms. The highest BCUT2D eigenvalue weighted by Gasteiger charge is 2.17. The predicted molar refractivity (Wildman–Crippen MR) is 95.0 cm³/mol. The molecule has 0 aliphatic carbocycles. The third kappa shape index (κ3) is 5.10. The van der Waals surface area contributed by atoms with Crippen LogP contribution in [-0.4, -0.2) is 58.0 Å². The van der Waals surface area contributed by atoms with Crippen LogP contribution in [0.25, 0.3) is 0 Å². The summed E-state index contributed by atoms with van der Waals surface area (Å²) in [6.07, 6.45) is 0. The molecular weight excluding hydrogens is 364 g/mol. The number of morpholine rings is 1. The number of aromatic amines is 1. The Morgan fingerprint density at radius 1 is 1.44 bits per heavy atom. The van der Waals surface area contributed by atoms with E-state index in [-0.39, 0.29) is 12.5 Å². The van der Waals surface area contributed by atoms with Crippen molar-refractivity contribution in [2.45, 2.75) is 18.7 Å². The first-order valence-electron chi connectivity index (χ1n) is 7.90. The highest BCUT2D eigenvalue weighted by Crippen LogP contribution is 2.22. The molecule has 0 atom stereocenters. The molecule has 9 heteroatoms. The van der Waals surface area contributed by atoms with E-state index < -0.39 is 0 Å². The number of carbonyl (C=O) groups excluding carboxylic acids is 1. The van der Waals surface area contributed by atoms with Gasteiger partial charge in [0.05, 0.1) is 19.0 Å². The lowest BCUT2D eigenvalue weighted by Crippen LogP contribution is -2.41. The molecular formula is C16H19ClN4O3S. The summed E-state index contributed by atoms with van der Waals surface area (Å²) in [6.45, 7) is 4.68. The van der Waals surface area contributed by atoms with Gasteiger partial charge in [0.1, 0.15) is 12.4 Å². The summed E-state index contributed by atoms with van der Waals surface area (Å²) in [6, 6.07) is 5.48. The number of rotatable bonds is 6. The largest absolute Gasteiger partial charge is 0.486 e. The van der Waals surface area contributed by atoms with Crippen LogP contribution < -0.4 is 4.74 Å². The molecule has 0 bridgehead atoms. The predicted octanol–water partition coefficient (Wildman–Crippen LogP) is 2.30. The van der Waals surface area contributed by atoms with Crippen LogP contribution >= 0.6 is 23.4 Å². The minimum absolute atomic E-state index is 0.0764. The number of amides is 1. The van der Waals surface area contributed by atoms with E-state index in [1.165, 1.54) is 11.8 Å². The first-order chi connectivity index (χ1) is 12.1. The van der Waals surface area contributed by atoms with Gasteiger partial charge in [-0.25, -0.2) is 4.98 Å². The van der Waals surface area contributed by atoms with E-state index in [4.69, 9.17) is 21.1 Å². The van der Waals surface area contributed by atoms with Crippen molar-refractivity contribution in [2.75, 3.05) is 32.1 Å². The summed E-state index contributed by atoms with van der Waals surface area (Å²) in [7, 11) is 0. The zero-order chi connectivity index (χ0) is 17.6. The Hall–Kier alpha value is -1.77. The molecule has 7 nitrogen and oxygen atoms in total. The maximum absolute atomic E-state index is 12.1. The number of benzene rings is 1. The summed E-state index contributed by atoms with van der Waals surface area (Å²) in [5.41, 5.74) is 0.953. The number of hydrogen-bond acceptors (Lipinski definition) is 6. The fourth-order valence-electron chi connectivity index (χ4n) is 2.30. The molecule has 1 aliphatic heterocycles. The van der Waals surface area contributed by atoms with Crippen LogP contribution in [0.1, 0.15) is 11.4 Å². The number of carbonyl (C=O) groups is 1. The Balaban J connectivity index is 1.46. The fraction of sp³-hybridized carbons (Fsp3) is 0.438. The summed E-state index contributed by atoms with van der Waals surface area (Å²) < 4.78 is 10.9. The molecule has 2 heterocycles. The van der Waals surface area contributed by atoms with E-state index in [2.05, 4.69) is 15.2 Å². The van der Waals surface area contributed by atoms with Crippen LogP contribution in [0.4, 0.5) is 0 Å². The Morgan fingerprint density at radius 3 is 3.00 bits per heavy atom. The van der Waals surface area contributed by atoms with Crippen molar-refractivity contribution in [3.8, 4) is 5.75 Å². The summed E-state index contributed by atoms with van der Waals surface area (Å²) in [5, 5.41) is 8.17. The molecule has 1 saturated heterocycles. The van der Waals surface area contributed by atoms with E-state index in [0.29, 0.717) is 48.1 Å². The Morgan fingerprint density at radius 2 is 2.24 bits per heavy atom. The molecule has 3 rings (SSSR count). The molecule has 1 N–H and O–H groups in total. The molecule has 1 fully saturated rings. The normalized spacial score (nSPS) is 14.6. The van der Waals surface area contributed by atoms with Crippen molar-refractivity contribution >= 4 is 29.3 Å². The maximum atomic E-state index is 12.1. The monoisotopic (exact) mass is 382 g/mol. The van der Waals surface area contributed by atoms with Crippen molar-refractivity contribution in [1.82, 2.24) is 20.1 Å². The Kier molecular flexibility index (Phi) is 6.17. The van der Waals surface area contributed by atoms with Crippen molar-refractivity contribution in [3.05, 3.63) is 34.6 Å². The van der Waals surface area contributed by atoms with Crippen molar-refractivity contribution in [1.29, 1.82) is 0 Å². The van der Waals surface area contributed by atoms with Crippen LogP contribution in [-0.2, 0) is 16.1 Å². The average molecular weight is 383 g/mol. The second kappa shape index (κ2) is 8.55. The number of hydrogen-bond donors (Lipinski definition) is 1. The van der Waals surface area contributed by atoms with Crippen LogP contribution in [0, 0.1) is 6.92 Å². The van der Waals surface area contributed by atoms with Gasteiger partial charge in [0.2, 0.25) is 11.1 Å². The standard InChI is InChI=1S/C16H19ClN4O3S/c1-11-8-12(2-3-13(11)17)24-9-14-18-16(20-19-14)25-10-15(22)21-4-6-23-7-5-21/h2-3,8H,4-7,9-10H2,1H3,(H,18,19,20). The molecule has 1 aliphatic rings. The topological polar surface area (TPSA) is 80.3 Å². The molecule has 0 saturated carbocycles. The second-order valence-electron chi connectivity index (χ2n) is 5.55. The third-order valence-corrected chi connectivity index (χ3v) is 4.96. The van der Waals surface area contributed by atoms with Crippen LogP contribution in [0.5, 0.6) is 5.75 Å². The van der Waals surface area contributed by atoms with Gasteiger partial charge in [-0.15, -0.1) is 5.10 Å². The van der Waals surface area contributed by atoms with Gasteiger partial charge in [-0.2, -0.15) is 0 Å². The van der Waals surface area contributed by atoms with Gasteiger partial charge in [0, 0.05) is 18.1 Å². The summed E-state index contributed by atoms with van der Waals surface area (Å²) in [4.78, 5) is 18.2. The van der Waals surface area contributed by atoms with Crippen LogP contribution in [0.3, 0.4) is 0 Å². The van der Waals surface area contributed by atoms with Gasteiger partial charge in [0.15, 0.2) is 5.82 Å². The highest BCUT2D eigenvalue weighted by molar-refractivity contribution is 7.99. The number of H-pyrrole nitrogens is 1. The number of thioether (sulfide) groups is 1. The molecule has 0 unspecified atom stereocenters. The van der Waals surface area contributed by atoms with Gasteiger partial charge >= 0.3 is 0 Å². The second-order valence-corrected chi connectivity index (χ2v) is 6.90. The maximum Gasteiger partial charge on any atom is 0.233 e. The Bertz CT molecular complexity index is 734. The summed E-state index contributed by atoms with van der Waals surface area (Å²) in [5.74, 6) is 1.71. The zero-order valence-corrected chi connectivity index (χ0v) is 15.4. The molecule has 1 aromatic carbocycles. The highest BCUT2D eigenvalue weighted by atomic mass is 35.5. The Labute approximate surface area is 155 Å². The number of aryl methyl sites for hydroxylation is 1. The quantitative estimate of drug-likeness (QED) is 0.772. The molecule has 25 heavy (non-hydrogen) atoms. The lowest BCUT2D eigenvalue weighted by Gasteiger charge is -2.26. The molecule has 1 amide bonds. The minimum Gasteiger partial charge on any atom is -0.486 e. The van der Waals surface area contributed by atoms with Crippen LogP contribution in [0.2, 0.25) is 5.02 Å².